The van der Waals surface area contributed by atoms with Crippen LogP contribution in [0.4, 0.5) is 5.00 Å². The van der Waals surface area contributed by atoms with Gasteiger partial charge in [0, 0.05) is 31.2 Å². The van der Waals surface area contributed by atoms with E-state index in [-0.39, 0.29) is 24.0 Å². The number of nitrogens with one attached hydrogen (secondary N) is 2. The highest BCUT2D eigenvalue weighted by molar-refractivity contribution is 14.0. The largest absolute Gasteiger partial charge is 0.489 e. The first-order valence-electron chi connectivity index (χ1n) is 9.95. The minimum Gasteiger partial charge on any atom is -0.489 e. The smallest absolute Gasteiger partial charge is 0.191 e. The number of anilines is 1. The lowest BCUT2D eigenvalue weighted by Crippen LogP contribution is -2.48. The molecule has 2 heterocycles. The van der Waals surface area contributed by atoms with Crippen molar-refractivity contribution in [1.82, 2.24) is 10.6 Å². The average molecular weight is 526 g/mol. The van der Waals surface area contributed by atoms with E-state index in [1.165, 1.54) is 5.00 Å². The summed E-state index contributed by atoms with van der Waals surface area (Å²) in [6.45, 7) is 9.89. The normalized spacial score (nSPS) is 14.8. The molecule has 3 rings (SSSR count). The van der Waals surface area contributed by atoms with Crippen molar-refractivity contribution in [2.24, 2.45) is 4.99 Å². The van der Waals surface area contributed by atoms with Crippen molar-refractivity contribution >= 4 is 46.3 Å². The van der Waals surface area contributed by atoms with Crippen molar-refractivity contribution in [3.8, 4) is 5.75 Å². The molecule has 1 aromatic carbocycles. The lowest BCUT2D eigenvalue weighted by molar-refractivity contribution is 0.359. The molecule has 5 nitrogen and oxygen atoms in total. The number of nitrogens with zero attached hydrogens (tertiary/aromatic N) is 2. The van der Waals surface area contributed by atoms with Crippen LogP contribution in [0.15, 0.2) is 59.4 Å². The summed E-state index contributed by atoms with van der Waals surface area (Å²) in [5, 5.41) is 10.5. The van der Waals surface area contributed by atoms with Gasteiger partial charge >= 0.3 is 0 Å². The molecule has 1 aromatic heterocycles. The first kappa shape index (κ1) is 23.5. The summed E-state index contributed by atoms with van der Waals surface area (Å²) in [5.74, 6) is 1.74. The van der Waals surface area contributed by atoms with Crippen LogP contribution < -0.4 is 20.3 Å². The van der Waals surface area contributed by atoms with Gasteiger partial charge in [-0.1, -0.05) is 30.9 Å². The van der Waals surface area contributed by atoms with Gasteiger partial charge < -0.3 is 20.3 Å². The molecule has 2 N–H and O–H groups in total. The van der Waals surface area contributed by atoms with Crippen LogP contribution in [-0.2, 0) is 6.54 Å². The number of para-hydroxylation sites is 1. The van der Waals surface area contributed by atoms with E-state index in [0.717, 1.165) is 49.7 Å². The summed E-state index contributed by atoms with van der Waals surface area (Å²) in [5.41, 5.74) is 1.08. The van der Waals surface area contributed by atoms with Crippen LogP contribution in [0.5, 0.6) is 5.75 Å². The Morgan fingerprint density at radius 1 is 1.28 bits per heavy atom. The molecular weight excluding hydrogens is 495 g/mol. The highest BCUT2D eigenvalue weighted by Gasteiger charge is 2.20. The zero-order chi connectivity index (χ0) is 19.6. The minimum absolute atomic E-state index is 0. The summed E-state index contributed by atoms with van der Waals surface area (Å²) in [7, 11) is 0. The van der Waals surface area contributed by atoms with Crippen molar-refractivity contribution < 1.29 is 4.74 Å². The lowest BCUT2D eigenvalue weighted by atomic mass is 10.1. The second-order valence-electron chi connectivity index (χ2n) is 6.76. The molecular formula is C22H31IN4OS. The number of halogens is 1. The molecule has 0 radical (unpaired) electrons. The molecule has 1 aliphatic heterocycles. The molecule has 2 aromatic rings. The molecule has 0 aliphatic carbocycles. The Morgan fingerprint density at radius 3 is 2.76 bits per heavy atom. The van der Waals surface area contributed by atoms with Crippen LogP contribution in [-0.4, -0.2) is 38.2 Å². The van der Waals surface area contributed by atoms with E-state index in [2.05, 4.69) is 52.6 Å². The molecule has 0 spiro atoms. The molecule has 1 aliphatic rings. The van der Waals surface area contributed by atoms with Crippen LogP contribution >= 0.6 is 35.3 Å². The number of aliphatic imine (C=N–C) groups is 1. The number of guanidine groups is 1. The number of benzene rings is 1. The van der Waals surface area contributed by atoms with Crippen LogP contribution in [0, 0.1) is 0 Å². The van der Waals surface area contributed by atoms with E-state index < -0.39 is 0 Å². The Morgan fingerprint density at radius 2 is 2.07 bits per heavy atom. The highest BCUT2D eigenvalue weighted by Crippen LogP contribution is 2.25. The fraction of sp³-hybridized carbons (Fsp3) is 0.409. The van der Waals surface area contributed by atoms with Gasteiger partial charge in [-0.25, -0.2) is 4.99 Å². The fourth-order valence-electron chi connectivity index (χ4n) is 3.30. The predicted molar refractivity (Wildman–Crippen MR) is 135 cm³/mol. The first-order chi connectivity index (χ1) is 13.8. The zero-order valence-corrected chi connectivity index (χ0v) is 20.1. The number of hydrogen-bond acceptors (Lipinski definition) is 4. The fourth-order valence-corrected chi connectivity index (χ4v) is 4.08. The second-order valence-corrected chi connectivity index (χ2v) is 7.69. The first-order valence-corrected chi connectivity index (χ1v) is 10.8. The highest BCUT2D eigenvalue weighted by atomic mass is 127. The van der Waals surface area contributed by atoms with Crippen molar-refractivity contribution in [2.45, 2.75) is 32.4 Å². The average Bonchev–Trinajstić information content (AvgIpc) is 3.27. The van der Waals surface area contributed by atoms with Gasteiger partial charge in [-0.05, 0) is 43.3 Å². The van der Waals surface area contributed by atoms with Crippen molar-refractivity contribution in [2.75, 3.05) is 31.1 Å². The van der Waals surface area contributed by atoms with E-state index in [1.54, 1.807) is 6.08 Å². The molecule has 0 atom stereocenters. The van der Waals surface area contributed by atoms with Crippen LogP contribution in [0.25, 0.3) is 0 Å². The van der Waals surface area contributed by atoms with Gasteiger partial charge in [-0.15, -0.1) is 35.3 Å². The Labute approximate surface area is 195 Å². The Bertz CT molecular complexity index is 758. The topological polar surface area (TPSA) is 48.9 Å². The summed E-state index contributed by atoms with van der Waals surface area (Å²) in [6.07, 6.45) is 3.98. The third kappa shape index (κ3) is 7.22. The molecule has 7 heteroatoms. The minimum atomic E-state index is 0. The van der Waals surface area contributed by atoms with Crippen molar-refractivity contribution in [1.29, 1.82) is 0 Å². The Kier molecular flexibility index (Phi) is 10.3. The molecule has 0 saturated carbocycles. The van der Waals surface area contributed by atoms with Gasteiger partial charge in [0.1, 0.15) is 12.4 Å². The molecule has 158 valence electrons. The molecule has 1 fully saturated rings. The van der Waals surface area contributed by atoms with Gasteiger partial charge in [0.15, 0.2) is 5.96 Å². The van der Waals surface area contributed by atoms with Crippen LogP contribution in [0.1, 0.15) is 25.3 Å². The summed E-state index contributed by atoms with van der Waals surface area (Å²) < 4.78 is 5.74. The van der Waals surface area contributed by atoms with E-state index in [9.17, 15) is 0 Å². The molecule has 0 amide bonds. The van der Waals surface area contributed by atoms with Gasteiger partial charge in [-0.2, -0.15) is 0 Å². The lowest BCUT2D eigenvalue weighted by Gasteiger charge is -2.33. The molecule has 29 heavy (non-hydrogen) atoms. The summed E-state index contributed by atoms with van der Waals surface area (Å²) in [4.78, 5) is 7.26. The van der Waals surface area contributed by atoms with Gasteiger partial charge in [0.05, 0.1) is 11.5 Å². The van der Waals surface area contributed by atoms with Gasteiger partial charge in [0.2, 0.25) is 0 Å². The van der Waals surface area contributed by atoms with Crippen molar-refractivity contribution in [3.05, 3.63) is 60.0 Å². The van der Waals surface area contributed by atoms with E-state index >= 15 is 0 Å². The van der Waals surface area contributed by atoms with E-state index in [0.29, 0.717) is 19.2 Å². The Hall–Kier alpha value is -1.74. The number of thiophene rings is 1. The standard InChI is InChI=1S/C22H30N4OS.HI/c1-3-15-27-20-9-6-5-8-18(20)17-24-22(23-4-2)25-19-11-13-26(14-12-19)21-10-7-16-28-21;/h3,5-10,16,19H,1,4,11-15,17H2,2H3,(H2,23,24,25);1H. The van der Waals surface area contributed by atoms with E-state index in [4.69, 9.17) is 9.73 Å². The predicted octanol–water partition coefficient (Wildman–Crippen LogP) is 4.66. The molecule has 1 saturated heterocycles. The maximum absolute atomic E-state index is 5.74. The number of piperidine rings is 1. The monoisotopic (exact) mass is 526 g/mol. The SMILES string of the molecule is C=CCOc1ccccc1CN=C(NCC)NC1CCN(c2cccs2)CC1.I. The summed E-state index contributed by atoms with van der Waals surface area (Å²) >= 11 is 1.82. The maximum atomic E-state index is 5.74. The van der Waals surface area contributed by atoms with Crippen LogP contribution in [0.3, 0.4) is 0 Å². The van der Waals surface area contributed by atoms with Gasteiger partial charge in [-0.3, -0.25) is 0 Å². The maximum Gasteiger partial charge on any atom is 0.191 e. The third-order valence-corrected chi connectivity index (χ3v) is 5.66. The number of hydrogen-bond donors (Lipinski definition) is 2. The zero-order valence-electron chi connectivity index (χ0n) is 17.0. The van der Waals surface area contributed by atoms with Crippen molar-refractivity contribution in [3.63, 3.8) is 0 Å². The van der Waals surface area contributed by atoms with Gasteiger partial charge in [0.25, 0.3) is 0 Å². The number of ether oxygens (including phenoxy) is 1. The van der Waals surface area contributed by atoms with Crippen LogP contribution in [0.2, 0.25) is 0 Å². The Balaban J connectivity index is 0.00000300. The summed E-state index contributed by atoms with van der Waals surface area (Å²) in [6, 6.07) is 12.8. The molecule has 0 bridgehead atoms. The quantitative estimate of drug-likeness (QED) is 0.228. The number of rotatable bonds is 8. The van der Waals surface area contributed by atoms with E-state index in [1.807, 2.05) is 29.5 Å². The molecule has 0 unspecified atom stereocenters. The second kappa shape index (κ2) is 12.7. The third-order valence-electron chi connectivity index (χ3n) is 4.73.